The second-order valence-electron chi connectivity index (χ2n) is 5.62. The number of anilines is 2. The van der Waals surface area contributed by atoms with Crippen LogP contribution in [0.25, 0.3) is 0 Å². The van der Waals surface area contributed by atoms with Crippen molar-refractivity contribution in [3.8, 4) is 0 Å². The standard InChI is InChI=1S/C17H20N4O/c1-13-6-2-3-7-14(13)12-17(22)18-15-8-9-16(20-19-15)21-10-4-5-11-21/h2-3,6-9H,4-5,10-12H2,1H3,(H,18,19,22). The Bertz CT molecular complexity index is 648. The minimum atomic E-state index is -0.0717. The predicted molar refractivity (Wildman–Crippen MR) is 87.0 cm³/mol. The van der Waals surface area contributed by atoms with E-state index in [1.807, 2.05) is 43.3 Å². The molecular weight excluding hydrogens is 276 g/mol. The molecule has 1 aliphatic heterocycles. The van der Waals surface area contributed by atoms with Crippen molar-refractivity contribution in [2.45, 2.75) is 26.2 Å². The van der Waals surface area contributed by atoms with Crippen LogP contribution in [0.5, 0.6) is 0 Å². The van der Waals surface area contributed by atoms with E-state index in [0.717, 1.165) is 30.0 Å². The summed E-state index contributed by atoms with van der Waals surface area (Å²) in [6, 6.07) is 11.6. The highest BCUT2D eigenvalue weighted by Crippen LogP contribution is 2.17. The van der Waals surface area contributed by atoms with Crippen LogP contribution in [0.1, 0.15) is 24.0 Å². The normalized spacial score (nSPS) is 14.1. The molecule has 1 amide bonds. The lowest BCUT2D eigenvalue weighted by molar-refractivity contribution is -0.115. The van der Waals surface area contributed by atoms with Crippen LogP contribution in [0.2, 0.25) is 0 Å². The number of hydrogen-bond donors (Lipinski definition) is 1. The largest absolute Gasteiger partial charge is 0.355 e. The summed E-state index contributed by atoms with van der Waals surface area (Å²) in [7, 11) is 0. The van der Waals surface area contributed by atoms with Crippen molar-refractivity contribution in [1.29, 1.82) is 0 Å². The molecule has 114 valence electrons. The Morgan fingerprint density at radius 3 is 2.59 bits per heavy atom. The van der Waals surface area contributed by atoms with Gasteiger partial charge in [-0.25, -0.2) is 0 Å². The molecule has 0 radical (unpaired) electrons. The molecule has 0 unspecified atom stereocenters. The molecule has 1 N–H and O–H groups in total. The molecule has 1 aliphatic rings. The first-order chi connectivity index (χ1) is 10.7. The summed E-state index contributed by atoms with van der Waals surface area (Å²) in [5.41, 5.74) is 2.15. The molecule has 2 aromatic rings. The summed E-state index contributed by atoms with van der Waals surface area (Å²) in [6.45, 7) is 4.08. The van der Waals surface area contributed by atoms with E-state index in [1.165, 1.54) is 12.8 Å². The third-order valence-electron chi connectivity index (χ3n) is 3.96. The lowest BCUT2D eigenvalue weighted by Crippen LogP contribution is -2.20. The molecule has 5 heteroatoms. The summed E-state index contributed by atoms with van der Waals surface area (Å²) in [5.74, 6) is 1.31. The first-order valence-corrected chi connectivity index (χ1v) is 7.65. The average Bonchev–Trinajstić information content (AvgIpc) is 3.05. The number of nitrogens with zero attached hydrogens (tertiary/aromatic N) is 3. The van der Waals surface area contributed by atoms with Crippen LogP contribution < -0.4 is 10.2 Å². The Hall–Kier alpha value is -2.43. The van der Waals surface area contributed by atoms with Gasteiger partial charge < -0.3 is 10.2 Å². The summed E-state index contributed by atoms with van der Waals surface area (Å²) in [5, 5.41) is 11.1. The summed E-state index contributed by atoms with van der Waals surface area (Å²) >= 11 is 0. The third-order valence-corrected chi connectivity index (χ3v) is 3.96. The van der Waals surface area contributed by atoms with Gasteiger partial charge in [-0.05, 0) is 43.0 Å². The molecule has 0 saturated carbocycles. The van der Waals surface area contributed by atoms with E-state index in [4.69, 9.17) is 0 Å². The zero-order chi connectivity index (χ0) is 15.4. The molecule has 2 heterocycles. The van der Waals surface area contributed by atoms with Gasteiger partial charge in [-0.2, -0.15) is 0 Å². The highest BCUT2D eigenvalue weighted by Gasteiger charge is 2.14. The van der Waals surface area contributed by atoms with E-state index in [1.54, 1.807) is 0 Å². The number of rotatable bonds is 4. The summed E-state index contributed by atoms with van der Waals surface area (Å²) in [6.07, 6.45) is 2.76. The molecule has 1 fully saturated rings. The van der Waals surface area contributed by atoms with E-state index in [2.05, 4.69) is 20.4 Å². The van der Waals surface area contributed by atoms with Crippen molar-refractivity contribution in [3.63, 3.8) is 0 Å². The Morgan fingerprint density at radius 2 is 1.91 bits per heavy atom. The van der Waals surface area contributed by atoms with Crippen molar-refractivity contribution >= 4 is 17.5 Å². The zero-order valence-corrected chi connectivity index (χ0v) is 12.7. The molecule has 3 rings (SSSR count). The van der Waals surface area contributed by atoms with Gasteiger partial charge in [0.25, 0.3) is 0 Å². The molecule has 1 aromatic heterocycles. The minimum Gasteiger partial charge on any atom is -0.355 e. The van der Waals surface area contributed by atoms with Gasteiger partial charge >= 0.3 is 0 Å². The quantitative estimate of drug-likeness (QED) is 0.942. The van der Waals surface area contributed by atoms with Gasteiger partial charge in [-0.1, -0.05) is 24.3 Å². The van der Waals surface area contributed by atoms with Crippen LogP contribution in [0.15, 0.2) is 36.4 Å². The summed E-state index contributed by atoms with van der Waals surface area (Å²) < 4.78 is 0. The monoisotopic (exact) mass is 296 g/mol. The molecular formula is C17H20N4O. The van der Waals surface area contributed by atoms with Crippen molar-refractivity contribution < 1.29 is 4.79 Å². The van der Waals surface area contributed by atoms with E-state index < -0.39 is 0 Å². The Kier molecular flexibility index (Phi) is 4.32. The highest BCUT2D eigenvalue weighted by molar-refractivity contribution is 5.91. The number of aryl methyl sites for hydroxylation is 1. The number of hydrogen-bond acceptors (Lipinski definition) is 4. The molecule has 5 nitrogen and oxygen atoms in total. The van der Waals surface area contributed by atoms with Gasteiger partial charge in [0.1, 0.15) is 0 Å². The van der Waals surface area contributed by atoms with Crippen LogP contribution in [0.3, 0.4) is 0 Å². The van der Waals surface area contributed by atoms with Crippen LogP contribution in [0, 0.1) is 6.92 Å². The van der Waals surface area contributed by atoms with Gasteiger partial charge in [0, 0.05) is 13.1 Å². The number of carbonyl (C=O) groups excluding carboxylic acids is 1. The Labute approximate surface area is 130 Å². The van der Waals surface area contributed by atoms with E-state index >= 15 is 0 Å². The number of amides is 1. The third kappa shape index (κ3) is 3.42. The van der Waals surface area contributed by atoms with Gasteiger partial charge in [-0.3, -0.25) is 4.79 Å². The average molecular weight is 296 g/mol. The Morgan fingerprint density at radius 1 is 1.14 bits per heavy atom. The second-order valence-corrected chi connectivity index (χ2v) is 5.62. The number of carbonyl (C=O) groups is 1. The zero-order valence-electron chi connectivity index (χ0n) is 12.7. The molecule has 0 spiro atoms. The van der Waals surface area contributed by atoms with E-state index in [-0.39, 0.29) is 5.91 Å². The summed E-state index contributed by atoms with van der Waals surface area (Å²) in [4.78, 5) is 14.3. The Balaban J connectivity index is 1.60. The molecule has 1 saturated heterocycles. The first-order valence-electron chi connectivity index (χ1n) is 7.65. The fourth-order valence-corrected chi connectivity index (χ4v) is 2.68. The fourth-order valence-electron chi connectivity index (χ4n) is 2.68. The number of aromatic nitrogens is 2. The van der Waals surface area contributed by atoms with Crippen LogP contribution in [-0.4, -0.2) is 29.2 Å². The smallest absolute Gasteiger partial charge is 0.230 e. The molecule has 22 heavy (non-hydrogen) atoms. The van der Waals surface area contributed by atoms with Gasteiger partial charge in [0.2, 0.25) is 5.91 Å². The number of nitrogens with one attached hydrogen (secondary N) is 1. The highest BCUT2D eigenvalue weighted by atomic mass is 16.1. The van der Waals surface area contributed by atoms with E-state index in [9.17, 15) is 4.79 Å². The van der Waals surface area contributed by atoms with Gasteiger partial charge in [-0.15, -0.1) is 10.2 Å². The maximum Gasteiger partial charge on any atom is 0.230 e. The van der Waals surface area contributed by atoms with Crippen LogP contribution in [-0.2, 0) is 11.2 Å². The van der Waals surface area contributed by atoms with E-state index in [0.29, 0.717) is 12.2 Å². The van der Waals surface area contributed by atoms with Crippen molar-refractivity contribution in [3.05, 3.63) is 47.5 Å². The fraction of sp³-hybridized carbons (Fsp3) is 0.353. The lowest BCUT2D eigenvalue weighted by atomic mass is 10.1. The predicted octanol–water partition coefficient (Wildman–Crippen LogP) is 2.57. The maximum absolute atomic E-state index is 12.1. The van der Waals surface area contributed by atoms with Gasteiger partial charge in [0.15, 0.2) is 11.6 Å². The first kappa shape index (κ1) is 14.5. The topological polar surface area (TPSA) is 58.1 Å². The SMILES string of the molecule is Cc1ccccc1CC(=O)Nc1ccc(N2CCCC2)nn1. The second kappa shape index (κ2) is 6.56. The van der Waals surface area contributed by atoms with Gasteiger partial charge in [0.05, 0.1) is 6.42 Å². The van der Waals surface area contributed by atoms with Crippen LogP contribution in [0.4, 0.5) is 11.6 Å². The van der Waals surface area contributed by atoms with Crippen LogP contribution >= 0.6 is 0 Å². The molecule has 1 aromatic carbocycles. The molecule has 0 atom stereocenters. The maximum atomic E-state index is 12.1. The molecule has 0 bridgehead atoms. The lowest BCUT2D eigenvalue weighted by Gasteiger charge is -2.15. The molecule has 0 aliphatic carbocycles. The minimum absolute atomic E-state index is 0.0717. The number of benzene rings is 1. The van der Waals surface area contributed by atoms with Crippen molar-refractivity contribution in [2.24, 2.45) is 0 Å². The van der Waals surface area contributed by atoms with Crippen molar-refractivity contribution in [2.75, 3.05) is 23.3 Å². The van der Waals surface area contributed by atoms with Crippen molar-refractivity contribution in [1.82, 2.24) is 10.2 Å².